The molecule has 3 aromatic rings. The van der Waals surface area contributed by atoms with E-state index in [-0.39, 0.29) is 0 Å². The minimum absolute atomic E-state index is 0.483. The van der Waals surface area contributed by atoms with Crippen molar-refractivity contribution in [2.45, 2.75) is 6.92 Å². The van der Waals surface area contributed by atoms with E-state index in [1.54, 1.807) is 12.3 Å². The summed E-state index contributed by atoms with van der Waals surface area (Å²) in [5.74, 6) is 1.77. The third-order valence-corrected chi connectivity index (χ3v) is 2.67. The Morgan fingerprint density at radius 2 is 2.11 bits per heavy atom. The minimum Gasteiger partial charge on any atom is -0.478 e. The molecule has 0 saturated heterocycles. The summed E-state index contributed by atoms with van der Waals surface area (Å²) in [5, 5.41) is 0. The van der Waals surface area contributed by atoms with Gasteiger partial charge in [-0.2, -0.15) is 4.98 Å². The van der Waals surface area contributed by atoms with E-state index in [1.807, 2.05) is 25.1 Å². The molecule has 0 spiro atoms. The number of anilines is 1. The summed E-state index contributed by atoms with van der Waals surface area (Å²) in [4.78, 5) is 16.0. The molecule has 0 bridgehead atoms. The number of aromatic nitrogens is 4. The number of nitrogens with one attached hydrogen (secondary N) is 1. The van der Waals surface area contributed by atoms with Gasteiger partial charge >= 0.3 is 0 Å². The summed E-state index contributed by atoms with van der Waals surface area (Å²) in [7, 11) is 0. The predicted octanol–water partition coefficient (Wildman–Crippen LogP) is 2.00. The van der Waals surface area contributed by atoms with Gasteiger partial charge < -0.3 is 15.5 Å². The molecular formula is C13H13N5O. The number of H-pyrrole nitrogens is 1. The van der Waals surface area contributed by atoms with E-state index in [0.29, 0.717) is 29.8 Å². The van der Waals surface area contributed by atoms with E-state index in [1.165, 1.54) is 0 Å². The second-order valence-electron chi connectivity index (χ2n) is 4.01. The minimum atomic E-state index is 0.483. The smallest absolute Gasteiger partial charge is 0.215 e. The van der Waals surface area contributed by atoms with Crippen molar-refractivity contribution in [1.29, 1.82) is 0 Å². The van der Waals surface area contributed by atoms with Crippen LogP contribution < -0.4 is 10.5 Å². The Hall–Kier alpha value is -2.63. The highest BCUT2D eigenvalue weighted by molar-refractivity contribution is 5.76. The van der Waals surface area contributed by atoms with Crippen LogP contribution in [0.5, 0.6) is 5.88 Å². The van der Waals surface area contributed by atoms with Crippen molar-refractivity contribution in [3.05, 3.63) is 30.5 Å². The van der Waals surface area contributed by atoms with Crippen molar-refractivity contribution < 1.29 is 4.74 Å². The Morgan fingerprint density at radius 3 is 2.84 bits per heavy atom. The summed E-state index contributed by atoms with van der Waals surface area (Å²) in [5.41, 5.74) is 7.91. The number of nitrogens with zero attached hydrogens (tertiary/aromatic N) is 3. The van der Waals surface area contributed by atoms with Crippen LogP contribution in [0.15, 0.2) is 30.5 Å². The highest BCUT2D eigenvalue weighted by atomic mass is 16.5. The first kappa shape index (κ1) is 11.5. The van der Waals surface area contributed by atoms with Gasteiger partial charge in [-0.05, 0) is 25.1 Å². The summed E-state index contributed by atoms with van der Waals surface area (Å²) in [6.07, 6.45) is 1.68. The number of imidazole rings is 1. The van der Waals surface area contributed by atoms with Crippen LogP contribution in [0.4, 0.5) is 5.82 Å². The molecular weight excluding hydrogens is 242 g/mol. The molecule has 0 radical (unpaired) electrons. The predicted molar refractivity (Wildman–Crippen MR) is 72.7 cm³/mol. The van der Waals surface area contributed by atoms with Gasteiger partial charge in [-0.3, -0.25) is 0 Å². The first-order valence-electron chi connectivity index (χ1n) is 5.97. The molecule has 0 unspecified atom stereocenters. The van der Waals surface area contributed by atoms with Crippen molar-refractivity contribution in [2.24, 2.45) is 0 Å². The number of hydrogen-bond donors (Lipinski definition) is 2. The third kappa shape index (κ3) is 2.20. The molecule has 6 heteroatoms. The number of fused-ring (bicyclic) bond motifs is 1. The highest BCUT2D eigenvalue weighted by Gasteiger charge is 2.07. The number of nitrogen functional groups attached to an aromatic ring is 1. The topological polar surface area (TPSA) is 89.7 Å². The zero-order valence-electron chi connectivity index (χ0n) is 10.4. The van der Waals surface area contributed by atoms with Gasteiger partial charge in [0.15, 0.2) is 5.65 Å². The van der Waals surface area contributed by atoms with E-state index < -0.39 is 0 Å². The van der Waals surface area contributed by atoms with Crippen molar-refractivity contribution in [3.8, 4) is 17.3 Å². The molecule has 0 aromatic carbocycles. The van der Waals surface area contributed by atoms with Crippen LogP contribution in [0.3, 0.4) is 0 Å². The van der Waals surface area contributed by atoms with Crippen LogP contribution in [0.25, 0.3) is 22.6 Å². The Bertz CT molecular complexity index is 705. The lowest BCUT2D eigenvalue weighted by Gasteiger charge is -1.99. The van der Waals surface area contributed by atoms with Gasteiger partial charge in [0.2, 0.25) is 5.88 Å². The third-order valence-electron chi connectivity index (χ3n) is 2.67. The maximum Gasteiger partial charge on any atom is 0.215 e. The molecule has 0 fully saturated rings. The van der Waals surface area contributed by atoms with E-state index in [0.717, 1.165) is 11.1 Å². The zero-order chi connectivity index (χ0) is 13.2. The van der Waals surface area contributed by atoms with Crippen LogP contribution in [-0.2, 0) is 0 Å². The molecule has 3 rings (SSSR count). The van der Waals surface area contributed by atoms with Crippen LogP contribution in [0, 0.1) is 0 Å². The molecule has 0 amide bonds. The lowest BCUT2D eigenvalue weighted by molar-refractivity contribution is 0.328. The van der Waals surface area contributed by atoms with Crippen LogP contribution in [0.2, 0.25) is 0 Å². The van der Waals surface area contributed by atoms with Gasteiger partial charge in [-0.25, -0.2) is 9.97 Å². The van der Waals surface area contributed by atoms with E-state index in [4.69, 9.17) is 10.5 Å². The molecule has 3 aromatic heterocycles. The van der Waals surface area contributed by atoms with Crippen LogP contribution in [0.1, 0.15) is 6.92 Å². The van der Waals surface area contributed by atoms with Crippen LogP contribution in [-0.4, -0.2) is 26.5 Å². The van der Waals surface area contributed by atoms with Crippen LogP contribution >= 0.6 is 0 Å². The van der Waals surface area contributed by atoms with Gasteiger partial charge in [-0.1, -0.05) is 0 Å². The fraction of sp³-hybridized carbons (Fsp3) is 0.154. The zero-order valence-corrected chi connectivity index (χ0v) is 10.4. The summed E-state index contributed by atoms with van der Waals surface area (Å²) in [6, 6.07) is 7.31. The maximum atomic E-state index is 5.56. The fourth-order valence-corrected chi connectivity index (χ4v) is 1.79. The quantitative estimate of drug-likeness (QED) is 0.747. The molecule has 3 N–H and O–H groups in total. The van der Waals surface area contributed by atoms with E-state index >= 15 is 0 Å². The van der Waals surface area contributed by atoms with E-state index in [2.05, 4.69) is 19.9 Å². The van der Waals surface area contributed by atoms with Gasteiger partial charge in [-0.15, -0.1) is 0 Å². The van der Waals surface area contributed by atoms with Crippen molar-refractivity contribution in [2.75, 3.05) is 12.3 Å². The van der Waals surface area contributed by atoms with Gasteiger partial charge in [0.05, 0.1) is 12.1 Å². The Balaban J connectivity index is 2.03. The number of nitrogens with two attached hydrogens (primary N) is 1. The molecule has 0 aliphatic heterocycles. The molecule has 0 aliphatic carbocycles. The van der Waals surface area contributed by atoms with Crippen molar-refractivity contribution in [3.63, 3.8) is 0 Å². The molecule has 0 atom stereocenters. The lowest BCUT2D eigenvalue weighted by atomic mass is 10.3. The number of hydrogen-bond acceptors (Lipinski definition) is 5. The summed E-state index contributed by atoms with van der Waals surface area (Å²) >= 11 is 0. The molecule has 0 aliphatic rings. The largest absolute Gasteiger partial charge is 0.478 e. The highest BCUT2D eigenvalue weighted by Crippen LogP contribution is 2.21. The second kappa shape index (κ2) is 4.56. The van der Waals surface area contributed by atoms with Gasteiger partial charge in [0, 0.05) is 17.8 Å². The maximum absolute atomic E-state index is 5.56. The first-order valence-corrected chi connectivity index (χ1v) is 5.97. The Kier molecular flexibility index (Phi) is 2.75. The standard InChI is InChI=1S/C13H13N5O/c1-2-19-11-6-4-9-13(17-11)18-12(16-9)8-3-5-10(14)15-7-8/h3-7H,2H2,1H3,(H2,14,15)(H,16,17,18). The molecule has 3 heterocycles. The lowest BCUT2D eigenvalue weighted by Crippen LogP contribution is -1.93. The second-order valence-corrected chi connectivity index (χ2v) is 4.01. The molecule has 6 nitrogen and oxygen atoms in total. The number of pyridine rings is 2. The van der Waals surface area contributed by atoms with Gasteiger partial charge in [0.1, 0.15) is 11.6 Å². The average molecular weight is 255 g/mol. The average Bonchev–Trinajstić information content (AvgIpc) is 2.83. The van der Waals surface area contributed by atoms with Crippen molar-refractivity contribution >= 4 is 17.0 Å². The fourth-order valence-electron chi connectivity index (χ4n) is 1.79. The SMILES string of the molecule is CCOc1ccc2[nH]c(-c3ccc(N)nc3)nc2n1. The normalized spacial score (nSPS) is 10.8. The van der Waals surface area contributed by atoms with E-state index in [9.17, 15) is 0 Å². The summed E-state index contributed by atoms with van der Waals surface area (Å²) < 4.78 is 5.35. The number of ether oxygens (including phenoxy) is 1. The Morgan fingerprint density at radius 1 is 1.21 bits per heavy atom. The van der Waals surface area contributed by atoms with Crippen molar-refractivity contribution in [1.82, 2.24) is 19.9 Å². The molecule has 0 saturated carbocycles. The monoisotopic (exact) mass is 255 g/mol. The Labute approximate surface area is 109 Å². The number of aromatic amines is 1. The molecule has 96 valence electrons. The number of rotatable bonds is 3. The van der Waals surface area contributed by atoms with Gasteiger partial charge in [0.25, 0.3) is 0 Å². The molecule has 19 heavy (non-hydrogen) atoms. The first-order chi connectivity index (χ1) is 9.26. The summed E-state index contributed by atoms with van der Waals surface area (Å²) in [6.45, 7) is 2.50.